The van der Waals surface area contributed by atoms with Gasteiger partial charge in [-0.05, 0) is 25.0 Å². The van der Waals surface area contributed by atoms with Crippen LogP contribution >= 0.6 is 0 Å². The zero-order valence-corrected chi connectivity index (χ0v) is 12.6. The number of hydrogen-bond acceptors (Lipinski definition) is 5. The molecule has 1 aliphatic rings. The van der Waals surface area contributed by atoms with Crippen molar-refractivity contribution in [2.24, 2.45) is 0 Å². The molecule has 0 bridgehead atoms. The molecule has 0 aromatic heterocycles. The van der Waals surface area contributed by atoms with E-state index in [-0.39, 0.29) is 35.5 Å². The molecule has 0 amide bonds. The van der Waals surface area contributed by atoms with Gasteiger partial charge in [0.25, 0.3) is 0 Å². The highest BCUT2D eigenvalue weighted by atomic mass is 32.2. The molecular formula is C13H19FN2O4S. The van der Waals surface area contributed by atoms with Gasteiger partial charge in [0, 0.05) is 12.6 Å². The van der Waals surface area contributed by atoms with Crippen molar-refractivity contribution in [3.8, 4) is 5.75 Å². The minimum atomic E-state index is -3.90. The summed E-state index contributed by atoms with van der Waals surface area (Å²) in [6, 6.07) is 1.93. The number of nitrogen functional groups attached to an aromatic ring is 1. The van der Waals surface area contributed by atoms with Gasteiger partial charge in [0.05, 0.1) is 24.3 Å². The molecule has 0 heterocycles. The first kappa shape index (κ1) is 16.0. The third-order valence-electron chi connectivity index (χ3n) is 3.66. The van der Waals surface area contributed by atoms with Crippen LogP contribution in [0, 0.1) is 5.82 Å². The highest BCUT2D eigenvalue weighted by molar-refractivity contribution is 7.89. The predicted molar refractivity (Wildman–Crippen MR) is 76.0 cm³/mol. The van der Waals surface area contributed by atoms with Crippen molar-refractivity contribution in [1.29, 1.82) is 0 Å². The largest absolute Gasteiger partial charge is 0.492 e. The van der Waals surface area contributed by atoms with Crippen LogP contribution in [-0.2, 0) is 10.0 Å². The van der Waals surface area contributed by atoms with Crippen molar-refractivity contribution in [2.75, 3.05) is 26.0 Å². The monoisotopic (exact) mass is 318 g/mol. The van der Waals surface area contributed by atoms with E-state index in [1.807, 2.05) is 0 Å². The van der Waals surface area contributed by atoms with Gasteiger partial charge in [-0.3, -0.25) is 0 Å². The van der Waals surface area contributed by atoms with E-state index in [2.05, 4.69) is 0 Å². The minimum Gasteiger partial charge on any atom is -0.492 e. The zero-order valence-electron chi connectivity index (χ0n) is 11.8. The van der Waals surface area contributed by atoms with Crippen molar-refractivity contribution in [1.82, 2.24) is 4.31 Å². The van der Waals surface area contributed by atoms with Gasteiger partial charge < -0.3 is 15.6 Å². The minimum absolute atomic E-state index is 0.0133. The van der Waals surface area contributed by atoms with E-state index in [0.29, 0.717) is 0 Å². The van der Waals surface area contributed by atoms with Crippen molar-refractivity contribution >= 4 is 15.7 Å². The number of halogens is 1. The first-order valence-electron chi connectivity index (χ1n) is 6.67. The molecule has 1 aliphatic carbocycles. The van der Waals surface area contributed by atoms with Gasteiger partial charge in [-0.2, -0.15) is 4.31 Å². The summed E-state index contributed by atoms with van der Waals surface area (Å²) in [4.78, 5) is -0.223. The molecule has 1 fully saturated rings. The van der Waals surface area contributed by atoms with Crippen molar-refractivity contribution in [3.05, 3.63) is 17.9 Å². The Kier molecular flexibility index (Phi) is 4.70. The molecule has 0 saturated heterocycles. The number of aliphatic hydroxyl groups is 1. The number of aliphatic hydroxyl groups excluding tert-OH is 1. The van der Waals surface area contributed by atoms with E-state index >= 15 is 0 Å². The van der Waals surface area contributed by atoms with Gasteiger partial charge in [-0.15, -0.1) is 0 Å². The molecule has 1 aromatic carbocycles. The molecule has 3 N–H and O–H groups in total. The molecule has 6 nitrogen and oxygen atoms in total. The molecule has 0 unspecified atom stereocenters. The number of anilines is 1. The van der Waals surface area contributed by atoms with E-state index in [1.54, 1.807) is 0 Å². The summed E-state index contributed by atoms with van der Waals surface area (Å²) in [6.07, 6.45) is 2.43. The van der Waals surface area contributed by atoms with E-state index in [4.69, 9.17) is 15.6 Å². The molecule has 1 aromatic rings. The third-order valence-corrected chi connectivity index (χ3v) is 5.59. The standard InChI is InChI=1S/C13H19FN2O4S/c1-20-13-11(14)7-10(8-12(13)15)21(18,19)16(5-6-17)9-3-2-4-9/h7-9,17H,2-6,15H2,1H3. The summed E-state index contributed by atoms with van der Waals surface area (Å²) in [7, 11) is -2.64. The van der Waals surface area contributed by atoms with Crippen molar-refractivity contribution in [2.45, 2.75) is 30.2 Å². The lowest BCUT2D eigenvalue weighted by Crippen LogP contribution is -2.45. The summed E-state index contributed by atoms with van der Waals surface area (Å²) in [6.45, 7) is -0.301. The topological polar surface area (TPSA) is 92.9 Å². The summed E-state index contributed by atoms with van der Waals surface area (Å²) >= 11 is 0. The van der Waals surface area contributed by atoms with Gasteiger partial charge in [0.2, 0.25) is 10.0 Å². The summed E-state index contributed by atoms with van der Waals surface area (Å²) < 4.78 is 45.1. The normalized spacial score (nSPS) is 16.0. The van der Waals surface area contributed by atoms with Gasteiger partial charge in [-0.1, -0.05) is 6.42 Å². The highest BCUT2D eigenvalue weighted by Gasteiger charge is 2.35. The predicted octanol–water partition coefficient (Wildman–Crippen LogP) is 0.952. The second-order valence-corrected chi connectivity index (χ2v) is 6.84. The number of hydrogen-bond donors (Lipinski definition) is 2. The van der Waals surface area contributed by atoms with Crippen LogP contribution in [0.3, 0.4) is 0 Å². The molecule has 8 heteroatoms. The summed E-state index contributed by atoms with van der Waals surface area (Å²) in [5.41, 5.74) is 5.55. The molecule has 0 spiro atoms. The Balaban J connectivity index is 2.42. The van der Waals surface area contributed by atoms with Crippen LogP contribution in [0.1, 0.15) is 19.3 Å². The number of benzene rings is 1. The van der Waals surface area contributed by atoms with Crippen LogP contribution in [0.2, 0.25) is 0 Å². The SMILES string of the molecule is COc1c(N)cc(S(=O)(=O)N(CCO)C2CCC2)cc1F. The first-order chi connectivity index (χ1) is 9.91. The van der Waals surface area contributed by atoms with Gasteiger partial charge in [0.1, 0.15) is 0 Å². The fourth-order valence-electron chi connectivity index (χ4n) is 2.36. The molecule has 0 radical (unpaired) electrons. The number of rotatable bonds is 6. The number of nitrogens with two attached hydrogens (primary N) is 1. The molecule has 118 valence electrons. The Morgan fingerprint density at radius 2 is 2.14 bits per heavy atom. The fourth-order valence-corrected chi connectivity index (χ4v) is 4.09. The maximum Gasteiger partial charge on any atom is 0.243 e. The number of ether oxygens (including phenoxy) is 1. The van der Waals surface area contributed by atoms with Gasteiger partial charge in [-0.25, -0.2) is 12.8 Å². The molecular weight excluding hydrogens is 299 g/mol. The summed E-state index contributed by atoms with van der Waals surface area (Å²) in [5, 5.41) is 9.08. The lowest BCUT2D eigenvalue weighted by Gasteiger charge is -2.36. The summed E-state index contributed by atoms with van der Waals surface area (Å²) in [5.74, 6) is -1.00. The van der Waals surface area contributed by atoms with Crippen molar-refractivity contribution < 1.29 is 22.7 Å². The van der Waals surface area contributed by atoms with Gasteiger partial charge in [0.15, 0.2) is 11.6 Å². The maximum absolute atomic E-state index is 13.9. The Hall–Kier alpha value is -1.38. The van der Waals surface area contributed by atoms with Crippen LogP contribution < -0.4 is 10.5 Å². The van der Waals surface area contributed by atoms with Crippen LogP contribution in [0.15, 0.2) is 17.0 Å². The van der Waals surface area contributed by atoms with Crippen LogP contribution in [0.25, 0.3) is 0 Å². The Bertz CT molecular complexity index is 594. The Morgan fingerprint density at radius 1 is 1.48 bits per heavy atom. The number of methoxy groups -OCH3 is 1. The van der Waals surface area contributed by atoms with E-state index < -0.39 is 15.8 Å². The molecule has 2 rings (SSSR count). The quantitative estimate of drug-likeness (QED) is 0.762. The van der Waals surface area contributed by atoms with Crippen LogP contribution in [0.4, 0.5) is 10.1 Å². The average molecular weight is 318 g/mol. The van der Waals surface area contributed by atoms with E-state index in [1.165, 1.54) is 17.5 Å². The molecule has 21 heavy (non-hydrogen) atoms. The molecule has 0 aliphatic heterocycles. The van der Waals surface area contributed by atoms with Gasteiger partial charge >= 0.3 is 0 Å². The first-order valence-corrected chi connectivity index (χ1v) is 8.11. The Morgan fingerprint density at radius 3 is 2.57 bits per heavy atom. The zero-order chi connectivity index (χ0) is 15.6. The second kappa shape index (κ2) is 6.17. The highest BCUT2D eigenvalue weighted by Crippen LogP contribution is 2.33. The second-order valence-electron chi connectivity index (χ2n) is 4.95. The number of nitrogens with zero attached hydrogens (tertiary/aromatic N) is 1. The van der Waals surface area contributed by atoms with Crippen molar-refractivity contribution in [3.63, 3.8) is 0 Å². The number of sulfonamides is 1. The van der Waals surface area contributed by atoms with E-state index in [9.17, 15) is 12.8 Å². The van der Waals surface area contributed by atoms with E-state index in [0.717, 1.165) is 25.3 Å². The lowest BCUT2D eigenvalue weighted by atomic mass is 9.93. The Labute approximate surface area is 123 Å². The van der Waals surface area contributed by atoms with Crippen LogP contribution in [-0.4, -0.2) is 44.1 Å². The molecule has 0 atom stereocenters. The lowest BCUT2D eigenvalue weighted by molar-refractivity contribution is 0.178. The smallest absolute Gasteiger partial charge is 0.243 e. The fraction of sp³-hybridized carbons (Fsp3) is 0.538. The van der Waals surface area contributed by atoms with Crippen LogP contribution in [0.5, 0.6) is 5.75 Å². The maximum atomic E-state index is 13.9. The third kappa shape index (κ3) is 2.97. The average Bonchev–Trinajstić information content (AvgIpc) is 2.35. The molecule has 1 saturated carbocycles.